The number of hydrogen-bond donors (Lipinski definition) is 2. The Morgan fingerprint density at radius 2 is 1.47 bits per heavy atom. The lowest BCUT2D eigenvalue weighted by atomic mass is 9.93. The fourth-order valence-corrected chi connectivity index (χ4v) is 2.10. The molecule has 0 saturated heterocycles. The number of rotatable bonds is 3. The molecule has 2 aromatic carbocycles. The summed E-state index contributed by atoms with van der Waals surface area (Å²) in [6.07, 6.45) is 0. The van der Waals surface area contributed by atoms with Crippen LogP contribution in [0.15, 0.2) is 42.5 Å². The Morgan fingerprint density at radius 3 is 2.06 bits per heavy atom. The summed E-state index contributed by atoms with van der Waals surface area (Å²) in [5, 5.41) is 18.9. The molecular weight excluding hydrogens is 212 g/mol. The molecule has 0 heterocycles. The van der Waals surface area contributed by atoms with Crippen LogP contribution in [0.4, 0.5) is 0 Å². The maximum Gasteiger partial charge on any atom is 0.0691 e. The molecule has 88 valence electrons. The van der Waals surface area contributed by atoms with E-state index in [2.05, 4.69) is 0 Å². The molecule has 2 aromatic rings. The van der Waals surface area contributed by atoms with E-state index in [1.165, 1.54) is 0 Å². The van der Waals surface area contributed by atoms with Crippen LogP contribution in [0.2, 0.25) is 0 Å². The highest BCUT2D eigenvalue weighted by Gasteiger charge is 2.10. The summed E-state index contributed by atoms with van der Waals surface area (Å²) in [4.78, 5) is 0. The zero-order valence-corrected chi connectivity index (χ0v) is 9.85. The fourth-order valence-electron chi connectivity index (χ4n) is 2.10. The van der Waals surface area contributed by atoms with E-state index in [4.69, 9.17) is 0 Å². The van der Waals surface area contributed by atoms with E-state index in [1.54, 1.807) is 0 Å². The van der Waals surface area contributed by atoms with Crippen LogP contribution in [0, 0.1) is 6.92 Å². The first-order chi connectivity index (χ1) is 8.27. The van der Waals surface area contributed by atoms with E-state index < -0.39 is 0 Å². The molecule has 0 amide bonds. The van der Waals surface area contributed by atoms with Crippen LogP contribution in [-0.2, 0) is 13.2 Å². The largest absolute Gasteiger partial charge is 0.392 e. The lowest BCUT2D eigenvalue weighted by molar-refractivity contribution is 0.260. The van der Waals surface area contributed by atoms with Crippen LogP contribution >= 0.6 is 0 Å². The molecule has 0 spiro atoms. The summed E-state index contributed by atoms with van der Waals surface area (Å²) in [5.74, 6) is 0. The predicted molar refractivity (Wildman–Crippen MR) is 68.5 cm³/mol. The molecule has 2 heteroatoms. The first kappa shape index (κ1) is 11.8. The second-order valence-corrected chi connectivity index (χ2v) is 4.07. The molecule has 2 rings (SSSR count). The first-order valence-electron chi connectivity index (χ1n) is 5.66. The minimum Gasteiger partial charge on any atom is -0.392 e. The van der Waals surface area contributed by atoms with Gasteiger partial charge in [-0.05, 0) is 34.7 Å². The van der Waals surface area contributed by atoms with Crippen molar-refractivity contribution in [2.24, 2.45) is 0 Å². The number of aliphatic hydroxyl groups excluding tert-OH is 2. The average molecular weight is 228 g/mol. The van der Waals surface area contributed by atoms with Gasteiger partial charge < -0.3 is 10.2 Å². The van der Waals surface area contributed by atoms with Gasteiger partial charge in [0.1, 0.15) is 0 Å². The maximum atomic E-state index is 9.51. The van der Waals surface area contributed by atoms with Gasteiger partial charge in [-0.25, -0.2) is 0 Å². The van der Waals surface area contributed by atoms with E-state index in [0.717, 1.165) is 27.8 Å². The molecule has 0 aliphatic carbocycles. The van der Waals surface area contributed by atoms with E-state index in [1.807, 2.05) is 49.4 Å². The normalized spacial score (nSPS) is 10.5. The Morgan fingerprint density at radius 1 is 0.824 bits per heavy atom. The standard InChI is InChI=1S/C15H16O2/c1-11-7-8-13(12-5-3-2-4-6-12)15(10-17)14(11)9-16/h2-8,16-17H,9-10H2,1H3. The van der Waals surface area contributed by atoms with E-state index in [9.17, 15) is 10.2 Å². The molecule has 0 bridgehead atoms. The van der Waals surface area contributed by atoms with E-state index in [0.29, 0.717) is 0 Å². The van der Waals surface area contributed by atoms with Crippen molar-refractivity contribution in [3.05, 3.63) is 59.2 Å². The van der Waals surface area contributed by atoms with Crippen molar-refractivity contribution < 1.29 is 10.2 Å². The number of benzene rings is 2. The van der Waals surface area contributed by atoms with E-state index >= 15 is 0 Å². The summed E-state index contributed by atoms with van der Waals surface area (Å²) < 4.78 is 0. The number of hydrogen-bond acceptors (Lipinski definition) is 2. The Balaban J connectivity index is 2.63. The Labute approximate surface area is 101 Å². The van der Waals surface area contributed by atoms with Crippen molar-refractivity contribution in [1.29, 1.82) is 0 Å². The van der Waals surface area contributed by atoms with Crippen molar-refractivity contribution in [1.82, 2.24) is 0 Å². The number of aliphatic hydroxyl groups is 2. The molecule has 0 aromatic heterocycles. The molecule has 0 radical (unpaired) electrons. The molecule has 0 atom stereocenters. The summed E-state index contributed by atoms with van der Waals surface area (Å²) in [6.45, 7) is 1.85. The van der Waals surface area contributed by atoms with E-state index in [-0.39, 0.29) is 13.2 Å². The molecule has 2 N–H and O–H groups in total. The second kappa shape index (κ2) is 5.13. The Kier molecular flexibility index (Phi) is 3.57. The van der Waals surface area contributed by atoms with Crippen LogP contribution in [0.25, 0.3) is 11.1 Å². The molecular formula is C15H16O2. The molecule has 0 unspecified atom stereocenters. The highest BCUT2D eigenvalue weighted by Crippen LogP contribution is 2.28. The van der Waals surface area contributed by atoms with Crippen molar-refractivity contribution in [3.8, 4) is 11.1 Å². The van der Waals surface area contributed by atoms with Gasteiger partial charge in [-0.2, -0.15) is 0 Å². The minimum atomic E-state index is -0.0538. The molecule has 0 aliphatic heterocycles. The molecule has 2 nitrogen and oxygen atoms in total. The molecule has 0 aliphatic rings. The summed E-state index contributed by atoms with van der Waals surface area (Å²) in [5.41, 5.74) is 4.71. The van der Waals surface area contributed by atoms with Gasteiger partial charge >= 0.3 is 0 Å². The van der Waals surface area contributed by atoms with Crippen LogP contribution < -0.4 is 0 Å². The fraction of sp³-hybridized carbons (Fsp3) is 0.200. The predicted octanol–water partition coefficient (Wildman–Crippen LogP) is 2.65. The number of aryl methyl sites for hydroxylation is 1. The zero-order chi connectivity index (χ0) is 12.3. The Hall–Kier alpha value is -1.64. The van der Waals surface area contributed by atoms with Crippen LogP contribution in [0.3, 0.4) is 0 Å². The van der Waals surface area contributed by atoms with Gasteiger partial charge in [0.05, 0.1) is 13.2 Å². The van der Waals surface area contributed by atoms with Crippen LogP contribution in [-0.4, -0.2) is 10.2 Å². The van der Waals surface area contributed by atoms with Gasteiger partial charge in [-0.3, -0.25) is 0 Å². The van der Waals surface area contributed by atoms with Gasteiger partial charge in [0.2, 0.25) is 0 Å². The monoisotopic (exact) mass is 228 g/mol. The molecule has 0 fully saturated rings. The third-order valence-electron chi connectivity index (χ3n) is 3.07. The van der Waals surface area contributed by atoms with Crippen molar-refractivity contribution in [2.45, 2.75) is 20.1 Å². The first-order valence-corrected chi connectivity index (χ1v) is 5.66. The Bertz CT molecular complexity index is 504. The third kappa shape index (κ3) is 2.23. The van der Waals surface area contributed by atoms with Crippen molar-refractivity contribution in [3.63, 3.8) is 0 Å². The average Bonchev–Trinajstić information content (AvgIpc) is 2.39. The van der Waals surface area contributed by atoms with Gasteiger partial charge in [-0.15, -0.1) is 0 Å². The summed E-state index contributed by atoms with van der Waals surface area (Å²) >= 11 is 0. The van der Waals surface area contributed by atoms with Gasteiger partial charge in [0, 0.05) is 0 Å². The van der Waals surface area contributed by atoms with Crippen molar-refractivity contribution in [2.75, 3.05) is 0 Å². The summed E-state index contributed by atoms with van der Waals surface area (Å²) in [6, 6.07) is 13.9. The second-order valence-electron chi connectivity index (χ2n) is 4.07. The SMILES string of the molecule is Cc1ccc(-c2ccccc2)c(CO)c1CO. The highest BCUT2D eigenvalue weighted by atomic mass is 16.3. The van der Waals surface area contributed by atoms with Gasteiger partial charge in [-0.1, -0.05) is 42.5 Å². The highest BCUT2D eigenvalue weighted by molar-refractivity contribution is 5.69. The molecule has 0 saturated carbocycles. The smallest absolute Gasteiger partial charge is 0.0691 e. The van der Waals surface area contributed by atoms with Gasteiger partial charge in [0.15, 0.2) is 0 Å². The third-order valence-corrected chi connectivity index (χ3v) is 3.07. The summed E-state index contributed by atoms with van der Waals surface area (Å²) in [7, 11) is 0. The quantitative estimate of drug-likeness (QED) is 0.847. The lowest BCUT2D eigenvalue weighted by Crippen LogP contribution is -2.00. The van der Waals surface area contributed by atoms with Crippen molar-refractivity contribution >= 4 is 0 Å². The topological polar surface area (TPSA) is 40.5 Å². The lowest BCUT2D eigenvalue weighted by Gasteiger charge is -2.14. The van der Waals surface area contributed by atoms with Crippen LogP contribution in [0.5, 0.6) is 0 Å². The maximum absolute atomic E-state index is 9.51. The zero-order valence-electron chi connectivity index (χ0n) is 9.85. The van der Waals surface area contributed by atoms with Crippen LogP contribution in [0.1, 0.15) is 16.7 Å². The molecule has 17 heavy (non-hydrogen) atoms. The van der Waals surface area contributed by atoms with Gasteiger partial charge in [0.25, 0.3) is 0 Å². The minimum absolute atomic E-state index is 0.0393.